The summed E-state index contributed by atoms with van der Waals surface area (Å²) in [4.78, 5) is 0. The Balaban J connectivity index is 2.34. The van der Waals surface area contributed by atoms with Gasteiger partial charge in [-0.25, -0.2) is 0 Å². The molecule has 3 N–H and O–H groups in total. The first kappa shape index (κ1) is 17.9. The van der Waals surface area contributed by atoms with Crippen LogP contribution in [0.2, 0.25) is 0 Å². The quantitative estimate of drug-likeness (QED) is 0.645. The Morgan fingerprint density at radius 3 is 2.35 bits per heavy atom. The number of anilines is 1. The topological polar surface area (TPSA) is 65.7 Å². The normalized spacial score (nSPS) is 19.9. The lowest BCUT2D eigenvalue weighted by atomic mass is 9.77. The molecule has 5 nitrogen and oxygen atoms in total. The zero-order chi connectivity index (χ0) is 17.3. The molecule has 23 heavy (non-hydrogen) atoms. The molecule has 2 rings (SSSR count). The highest BCUT2D eigenvalue weighted by Crippen LogP contribution is 2.38. The molecule has 126 valence electrons. The van der Waals surface area contributed by atoms with E-state index in [4.69, 9.17) is 19.8 Å². The fourth-order valence-corrected chi connectivity index (χ4v) is 2.46. The van der Waals surface area contributed by atoms with Gasteiger partial charge in [-0.1, -0.05) is 6.08 Å². The second-order valence-electron chi connectivity index (χ2n) is 6.88. The molecule has 0 amide bonds. The van der Waals surface area contributed by atoms with Crippen LogP contribution in [0.15, 0.2) is 23.7 Å². The maximum Gasteiger partial charge on any atom is 0.491 e. The molecule has 1 fully saturated rings. The van der Waals surface area contributed by atoms with E-state index in [9.17, 15) is 0 Å². The van der Waals surface area contributed by atoms with Crippen molar-refractivity contribution in [3.8, 4) is 5.75 Å². The predicted octanol–water partition coefficient (Wildman–Crippen LogP) is 2.51. The Bertz CT molecular complexity index is 584. The maximum atomic E-state index is 6.14. The van der Waals surface area contributed by atoms with Crippen molar-refractivity contribution < 1.29 is 14.0 Å². The Morgan fingerprint density at radius 2 is 1.83 bits per heavy atom. The molecule has 1 heterocycles. The molecule has 0 unspecified atom stereocenters. The summed E-state index contributed by atoms with van der Waals surface area (Å²) >= 11 is 0. The highest BCUT2D eigenvalue weighted by Gasteiger charge is 2.52. The van der Waals surface area contributed by atoms with Gasteiger partial charge in [-0.2, -0.15) is 0 Å². The lowest BCUT2D eigenvalue weighted by molar-refractivity contribution is 0.00578. The largest absolute Gasteiger partial charge is 0.497 e. The van der Waals surface area contributed by atoms with Crippen LogP contribution >= 0.6 is 0 Å². The van der Waals surface area contributed by atoms with Gasteiger partial charge in [-0.15, -0.1) is 0 Å². The number of benzene rings is 1. The number of methoxy groups -OCH3 is 1. The fraction of sp³-hybridized carbons (Fsp3) is 0.529. The standard InChI is InChI=1S/C17H27BN2O3/c1-16(2)17(3,4)23-18(22-16)13(11-20-5)7-12-8-14(19)10-15(9-12)21-6/h7-10,20H,11,19H2,1-6H3. The fourth-order valence-electron chi connectivity index (χ4n) is 2.46. The molecule has 1 aromatic rings. The average molecular weight is 318 g/mol. The Labute approximate surface area is 139 Å². The molecule has 0 radical (unpaired) electrons. The predicted molar refractivity (Wildman–Crippen MR) is 95.4 cm³/mol. The first-order chi connectivity index (χ1) is 10.7. The summed E-state index contributed by atoms with van der Waals surface area (Å²) in [6, 6.07) is 5.64. The van der Waals surface area contributed by atoms with E-state index >= 15 is 0 Å². The van der Waals surface area contributed by atoms with Crippen molar-refractivity contribution in [2.45, 2.75) is 38.9 Å². The minimum atomic E-state index is -0.389. The zero-order valence-corrected chi connectivity index (χ0v) is 14.9. The van der Waals surface area contributed by atoms with E-state index in [1.807, 2.05) is 53.0 Å². The van der Waals surface area contributed by atoms with Gasteiger partial charge in [0.05, 0.1) is 18.3 Å². The number of hydrogen-bond acceptors (Lipinski definition) is 5. The highest BCUT2D eigenvalue weighted by atomic mass is 16.7. The van der Waals surface area contributed by atoms with Gasteiger partial charge in [0.1, 0.15) is 5.75 Å². The van der Waals surface area contributed by atoms with Crippen LogP contribution in [-0.4, -0.2) is 39.0 Å². The summed E-state index contributed by atoms with van der Waals surface area (Å²) in [6.45, 7) is 8.86. The van der Waals surface area contributed by atoms with Gasteiger partial charge in [0.15, 0.2) is 0 Å². The molecule has 6 heteroatoms. The Morgan fingerprint density at radius 1 is 1.22 bits per heavy atom. The van der Waals surface area contributed by atoms with Crippen molar-refractivity contribution in [1.29, 1.82) is 0 Å². The van der Waals surface area contributed by atoms with E-state index in [1.165, 1.54) is 0 Å². The second kappa shape index (κ2) is 6.55. The van der Waals surface area contributed by atoms with Crippen molar-refractivity contribution in [1.82, 2.24) is 5.32 Å². The number of nitrogens with one attached hydrogen (secondary N) is 1. The Hall–Kier alpha value is -1.50. The van der Waals surface area contributed by atoms with Crippen LogP contribution < -0.4 is 15.8 Å². The number of rotatable bonds is 5. The molecule has 0 aliphatic carbocycles. The van der Waals surface area contributed by atoms with Gasteiger partial charge in [0.25, 0.3) is 0 Å². The second-order valence-corrected chi connectivity index (χ2v) is 6.88. The van der Waals surface area contributed by atoms with Crippen molar-refractivity contribution >= 4 is 18.9 Å². The molecule has 0 bridgehead atoms. The maximum absolute atomic E-state index is 6.14. The minimum Gasteiger partial charge on any atom is -0.497 e. The molecule has 0 spiro atoms. The van der Waals surface area contributed by atoms with Crippen molar-refractivity contribution in [2.24, 2.45) is 0 Å². The van der Waals surface area contributed by atoms with Crippen molar-refractivity contribution in [3.05, 3.63) is 29.2 Å². The monoisotopic (exact) mass is 318 g/mol. The van der Waals surface area contributed by atoms with Crippen LogP contribution in [0.1, 0.15) is 33.3 Å². The number of nitrogens with two attached hydrogens (primary N) is 1. The van der Waals surface area contributed by atoms with Crippen LogP contribution in [0.3, 0.4) is 0 Å². The van der Waals surface area contributed by atoms with Crippen molar-refractivity contribution in [3.63, 3.8) is 0 Å². The minimum absolute atomic E-state index is 0.363. The van der Waals surface area contributed by atoms with E-state index in [-0.39, 0.29) is 18.3 Å². The third-order valence-electron chi connectivity index (χ3n) is 4.48. The van der Waals surface area contributed by atoms with E-state index < -0.39 is 0 Å². The summed E-state index contributed by atoms with van der Waals surface area (Å²) < 4.78 is 17.6. The van der Waals surface area contributed by atoms with Crippen LogP contribution in [0.4, 0.5) is 5.69 Å². The molecule has 0 saturated carbocycles. The van der Waals surface area contributed by atoms with Crippen LogP contribution in [0.25, 0.3) is 6.08 Å². The smallest absolute Gasteiger partial charge is 0.491 e. The van der Waals surface area contributed by atoms with E-state index in [1.54, 1.807) is 13.2 Å². The molecule has 0 atom stereocenters. The summed E-state index contributed by atoms with van der Waals surface area (Å²) in [5, 5.41) is 3.17. The lowest BCUT2D eigenvalue weighted by Crippen LogP contribution is -2.41. The summed E-state index contributed by atoms with van der Waals surface area (Å²) in [5.74, 6) is 0.731. The molecule has 1 saturated heterocycles. The van der Waals surface area contributed by atoms with E-state index in [0.717, 1.165) is 16.8 Å². The van der Waals surface area contributed by atoms with Crippen LogP contribution in [0, 0.1) is 0 Å². The van der Waals surface area contributed by atoms with Crippen LogP contribution in [-0.2, 0) is 9.31 Å². The molecular weight excluding hydrogens is 291 g/mol. The zero-order valence-electron chi connectivity index (χ0n) is 14.9. The van der Waals surface area contributed by atoms with Crippen LogP contribution in [0.5, 0.6) is 5.75 Å². The summed E-state index contributed by atoms with van der Waals surface area (Å²) in [6.07, 6.45) is 2.04. The van der Waals surface area contributed by atoms with Gasteiger partial charge < -0.3 is 25.1 Å². The molecule has 1 aliphatic heterocycles. The first-order valence-corrected chi connectivity index (χ1v) is 7.84. The van der Waals surface area contributed by atoms with Gasteiger partial charge >= 0.3 is 7.12 Å². The van der Waals surface area contributed by atoms with Gasteiger partial charge in [0.2, 0.25) is 0 Å². The molecule has 0 aromatic heterocycles. The number of ether oxygens (including phenoxy) is 1. The van der Waals surface area contributed by atoms with E-state index in [2.05, 4.69) is 5.32 Å². The van der Waals surface area contributed by atoms with Crippen molar-refractivity contribution in [2.75, 3.05) is 26.4 Å². The number of nitrogen functional groups attached to an aromatic ring is 1. The Kier molecular flexibility index (Phi) is 5.09. The number of likely N-dealkylation sites (N-methyl/N-ethyl adjacent to an activating group) is 1. The third-order valence-corrected chi connectivity index (χ3v) is 4.48. The van der Waals surface area contributed by atoms with E-state index in [0.29, 0.717) is 12.2 Å². The molecular formula is C17H27BN2O3. The van der Waals surface area contributed by atoms with Gasteiger partial charge in [-0.3, -0.25) is 0 Å². The highest BCUT2D eigenvalue weighted by molar-refractivity contribution is 6.55. The SMILES string of the molecule is CNCC(=Cc1cc(N)cc(OC)c1)B1OC(C)(C)C(C)(C)O1. The average Bonchev–Trinajstić information content (AvgIpc) is 2.66. The lowest BCUT2D eigenvalue weighted by Gasteiger charge is -2.32. The summed E-state index contributed by atoms with van der Waals surface area (Å²) in [7, 11) is 3.14. The molecule has 1 aliphatic rings. The molecule has 1 aromatic carbocycles. The van der Waals surface area contributed by atoms with Gasteiger partial charge in [-0.05, 0) is 57.9 Å². The number of hydrogen-bond donors (Lipinski definition) is 2. The summed E-state index contributed by atoms with van der Waals surface area (Å²) in [5.41, 5.74) is 7.84. The third kappa shape index (κ3) is 3.89. The first-order valence-electron chi connectivity index (χ1n) is 7.84. The van der Waals surface area contributed by atoms with Gasteiger partial charge in [0, 0.05) is 18.3 Å².